The van der Waals surface area contributed by atoms with Gasteiger partial charge in [-0.1, -0.05) is 36.4 Å². The molecular weight excluding hydrogens is 251 g/mol. The first-order valence-corrected chi connectivity index (χ1v) is 5.84. The van der Waals surface area contributed by atoms with Gasteiger partial charge in [-0.05, 0) is 11.5 Å². The van der Waals surface area contributed by atoms with Crippen LogP contribution in [0, 0.1) is 0 Å². The number of fused-ring (bicyclic) bond motifs is 1. The van der Waals surface area contributed by atoms with Crippen LogP contribution in [-0.2, 0) is 14.3 Å². The Hall–Kier alpha value is 0.246. The Morgan fingerprint density at radius 3 is 2.38 bits per heavy atom. The van der Waals surface area contributed by atoms with Crippen LogP contribution in [0.5, 0.6) is 0 Å². The van der Waals surface area contributed by atoms with E-state index < -0.39 is 10.1 Å². The molecule has 2 rings (SSSR count). The Morgan fingerprint density at radius 1 is 1.06 bits per heavy atom. The third kappa shape index (κ3) is 2.73. The Bertz CT molecular complexity index is 593. The minimum Gasteiger partial charge on any atom is -1.00 e. The molecule has 0 aromatic heterocycles. The first kappa shape index (κ1) is 14.3. The number of rotatable bonds is 2. The van der Waals surface area contributed by atoms with E-state index in [1.807, 2.05) is 18.2 Å². The van der Waals surface area contributed by atoms with Crippen molar-refractivity contribution in [2.45, 2.75) is 4.90 Å². The molecule has 0 N–H and O–H groups in total. The summed E-state index contributed by atoms with van der Waals surface area (Å²) in [5.74, 6) is 0. The van der Waals surface area contributed by atoms with E-state index in [1.54, 1.807) is 24.3 Å². The third-order valence-corrected chi connectivity index (χ3v) is 3.57. The van der Waals surface area contributed by atoms with Gasteiger partial charge >= 0.3 is 51.4 Å². The monoisotopic (exact) mass is 262 g/mol. The van der Waals surface area contributed by atoms with Crippen LogP contribution in [0.1, 0.15) is 1.43 Å². The molecule has 0 aliphatic carbocycles. The molecule has 80 valence electrons. The zero-order valence-electron chi connectivity index (χ0n) is 10.2. The summed E-state index contributed by atoms with van der Waals surface area (Å²) in [6.45, 7) is 0. The summed E-state index contributed by atoms with van der Waals surface area (Å²) in [7, 11) is -2.46. The average molecular weight is 262 g/mol. The normalized spacial score (nSPS) is 11.1. The summed E-state index contributed by atoms with van der Waals surface area (Å²) in [6, 6.07) is 12.4. The van der Waals surface area contributed by atoms with Crippen molar-refractivity contribution in [2.24, 2.45) is 0 Å². The fraction of sp³-hybridized carbons (Fsp3) is 0.0909. The first-order chi connectivity index (χ1) is 7.15. The quantitative estimate of drug-likeness (QED) is 0.530. The van der Waals surface area contributed by atoms with Crippen LogP contribution in [-0.4, -0.2) is 15.5 Å². The van der Waals surface area contributed by atoms with Gasteiger partial charge < -0.3 is 1.43 Å². The molecule has 2 aromatic carbocycles. The van der Waals surface area contributed by atoms with E-state index in [0.29, 0.717) is 5.39 Å². The van der Waals surface area contributed by atoms with Crippen LogP contribution in [0.15, 0.2) is 47.4 Å². The van der Waals surface area contributed by atoms with Gasteiger partial charge in [0.25, 0.3) is 10.1 Å². The number of hydrogen-bond donors (Lipinski definition) is 0. The molecule has 2 aromatic rings. The molecule has 0 saturated heterocycles. The number of benzene rings is 2. The summed E-state index contributed by atoms with van der Waals surface area (Å²) >= 11 is 0. The van der Waals surface area contributed by atoms with Crippen LogP contribution in [0.2, 0.25) is 0 Å². The molecule has 5 heteroatoms. The maximum absolute atomic E-state index is 11.6. The summed E-state index contributed by atoms with van der Waals surface area (Å²) in [4.78, 5) is 0.211. The second-order valence-corrected chi connectivity index (χ2v) is 4.78. The second kappa shape index (κ2) is 5.73. The molecule has 0 atom stereocenters. The molecule has 0 radical (unpaired) electrons. The minimum atomic E-state index is -3.62. The average Bonchev–Trinajstić information content (AvgIpc) is 2.28. The van der Waals surface area contributed by atoms with Gasteiger partial charge in [-0.25, -0.2) is 0 Å². The smallest absolute Gasteiger partial charge is 1.00 e. The summed E-state index contributed by atoms with van der Waals surface area (Å²) < 4.78 is 27.7. The Balaban J connectivity index is 0.00000128. The zero-order valence-corrected chi connectivity index (χ0v) is 13.1. The Morgan fingerprint density at radius 2 is 1.69 bits per heavy atom. The predicted molar refractivity (Wildman–Crippen MR) is 59.3 cm³/mol. The molecule has 0 heterocycles. The van der Waals surface area contributed by atoms with Crippen molar-refractivity contribution >= 4 is 20.9 Å². The van der Waals surface area contributed by atoms with Crippen molar-refractivity contribution in [3.63, 3.8) is 0 Å². The fourth-order valence-electron chi connectivity index (χ4n) is 1.50. The third-order valence-electron chi connectivity index (χ3n) is 2.24. The fourth-order valence-corrected chi connectivity index (χ4v) is 2.38. The van der Waals surface area contributed by atoms with Crippen molar-refractivity contribution in [1.29, 1.82) is 0 Å². The van der Waals surface area contributed by atoms with Crippen molar-refractivity contribution in [1.82, 2.24) is 0 Å². The molecule has 3 nitrogen and oxygen atoms in total. The largest absolute Gasteiger partial charge is 1.00 e. The van der Waals surface area contributed by atoms with Crippen LogP contribution < -0.4 is 51.4 Å². The Labute approximate surface area is 139 Å². The van der Waals surface area contributed by atoms with Gasteiger partial charge in [-0.2, -0.15) is 8.42 Å². The molecule has 0 aliphatic heterocycles. The molecule has 0 fully saturated rings. The van der Waals surface area contributed by atoms with E-state index in [4.69, 9.17) is 0 Å². The van der Waals surface area contributed by atoms with Gasteiger partial charge in [0.15, 0.2) is 0 Å². The van der Waals surface area contributed by atoms with Gasteiger partial charge in [-0.15, -0.1) is 0 Å². The van der Waals surface area contributed by atoms with E-state index in [1.165, 1.54) is 0 Å². The first-order valence-electron chi connectivity index (χ1n) is 4.43. The molecule has 16 heavy (non-hydrogen) atoms. The Kier molecular flexibility index (Phi) is 5.12. The number of hydrogen-bond acceptors (Lipinski definition) is 3. The summed E-state index contributed by atoms with van der Waals surface area (Å²) in [6.07, 6.45) is 0. The molecule has 0 aliphatic rings. The van der Waals surface area contributed by atoms with Gasteiger partial charge in [0, 0.05) is 5.39 Å². The molecule has 0 amide bonds. The van der Waals surface area contributed by atoms with Gasteiger partial charge in [0.2, 0.25) is 0 Å². The van der Waals surface area contributed by atoms with Gasteiger partial charge in [0.05, 0.1) is 7.11 Å². The molecule has 0 unspecified atom stereocenters. The maximum atomic E-state index is 11.6. The van der Waals surface area contributed by atoms with Crippen molar-refractivity contribution < 1.29 is 65.4 Å². The molecule has 0 bridgehead atoms. The standard InChI is InChI=1S/C11H10O3S.K.H/c1-14-15(12,13)11-8-4-6-9-5-2-3-7-10(9)11;;/h2-8H,1H3;;/q;+1;-1. The summed E-state index contributed by atoms with van der Waals surface area (Å²) in [5.41, 5.74) is 0. The second-order valence-electron chi connectivity index (χ2n) is 3.10. The molecular formula is C11H11KO3S. The van der Waals surface area contributed by atoms with Crippen LogP contribution in [0.3, 0.4) is 0 Å². The van der Waals surface area contributed by atoms with E-state index >= 15 is 0 Å². The topological polar surface area (TPSA) is 43.4 Å². The van der Waals surface area contributed by atoms with E-state index in [9.17, 15) is 8.42 Å². The van der Waals surface area contributed by atoms with E-state index in [2.05, 4.69) is 4.18 Å². The van der Waals surface area contributed by atoms with Crippen molar-refractivity contribution in [3.05, 3.63) is 42.5 Å². The maximum Gasteiger partial charge on any atom is 1.00 e. The SMILES string of the molecule is COS(=O)(=O)c1cccc2ccccc12.[H-].[K+]. The van der Waals surface area contributed by atoms with E-state index in [-0.39, 0.29) is 57.7 Å². The predicted octanol–water partition coefficient (Wildman–Crippen LogP) is -0.709. The minimum absolute atomic E-state index is 0. The van der Waals surface area contributed by atoms with Gasteiger partial charge in [0.1, 0.15) is 4.90 Å². The van der Waals surface area contributed by atoms with Crippen molar-refractivity contribution in [3.8, 4) is 0 Å². The van der Waals surface area contributed by atoms with Crippen LogP contribution in [0.25, 0.3) is 10.8 Å². The molecule has 0 spiro atoms. The zero-order chi connectivity index (χ0) is 10.9. The van der Waals surface area contributed by atoms with Crippen LogP contribution >= 0.6 is 0 Å². The van der Waals surface area contributed by atoms with Crippen LogP contribution in [0.4, 0.5) is 0 Å². The van der Waals surface area contributed by atoms with E-state index in [0.717, 1.165) is 12.5 Å². The summed E-state index contributed by atoms with van der Waals surface area (Å²) in [5, 5.41) is 1.57. The van der Waals surface area contributed by atoms with Crippen molar-refractivity contribution in [2.75, 3.05) is 7.11 Å². The molecule has 0 saturated carbocycles. The van der Waals surface area contributed by atoms with Gasteiger partial charge in [-0.3, -0.25) is 4.18 Å².